The maximum absolute atomic E-state index is 12.3. The fourth-order valence-corrected chi connectivity index (χ4v) is 2.83. The predicted octanol–water partition coefficient (Wildman–Crippen LogP) is 2.28. The number of hydrogen-bond acceptors (Lipinski definition) is 7. The molecule has 0 saturated heterocycles. The normalized spacial score (nSPS) is 14.2. The van der Waals surface area contributed by atoms with Crippen molar-refractivity contribution in [3.8, 4) is 0 Å². The summed E-state index contributed by atoms with van der Waals surface area (Å²) in [6.45, 7) is 3.22. The minimum Gasteiger partial charge on any atom is -0.463 e. The van der Waals surface area contributed by atoms with Crippen LogP contribution in [0.25, 0.3) is 0 Å². The van der Waals surface area contributed by atoms with Gasteiger partial charge in [-0.25, -0.2) is 9.89 Å². The second-order valence-electron chi connectivity index (χ2n) is 5.16. The number of rotatable bonds is 6. The average Bonchev–Trinajstić information content (AvgIpc) is 3.23. The van der Waals surface area contributed by atoms with Crippen LogP contribution in [0.5, 0.6) is 0 Å². The van der Waals surface area contributed by atoms with Crippen LogP contribution in [-0.4, -0.2) is 47.1 Å². The van der Waals surface area contributed by atoms with Gasteiger partial charge in [-0.3, -0.25) is 0 Å². The molecule has 126 valence electrons. The van der Waals surface area contributed by atoms with Gasteiger partial charge in [-0.05, 0) is 25.3 Å². The molecule has 2 N–H and O–H groups in total. The highest BCUT2D eigenvalue weighted by atomic mass is 32.2. The predicted molar refractivity (Wildman–Crippen MR) is 94.1 cm³/mol. The van der Waals surface area contributed by atoms with Crippen LogP contribution in [0, 0.1) is 0 Å². The lowest BCUT2D eigenvalue weighted by Crippen LogP contribution is -2.22. The van der Waals surface area contributed by atoms with Crippen LogP contribution in [0.3, 0.4) is 0 Å². The van der Waals surface area contributed by atoms with E-state index in [0.717, 1.165) is 11.4 Å². The second-order valence-corrected chi connectivity index (χ2v) is 5.94. The number of thioether (sulfide) groups is 1. The van der Waals surface area contributed by atoms with Gasteiger partial charge in [0.05, 0.1) is 25.3 Å². The first kappa shape index (κ1) is 16.4. The van der Waals surface area contributed by atoms with Gasteiger partial charge >= 0.3 is 5.97 Å². The lowest BCUT2D eigenvalue weighted by atomic mass is 10.2. The Morgan fingerprint density at radius 2 is 2.17 bits per heavy atom. The zero-order chi connectivity index (χ0) is 16.9. The monoisotopic (exact) mass is 345 g/mol. The van der Waals surface area contributed by atoms with Gasteiger partial charge in [0.2, 0.25) is 11.1 Å². The molecular weight excluding hydrogens is 326 g/mol. The van der Waals surface area contributed by atoms with Gasteiger partial charge < -0.3 is 15.0 Å². The van der Waals surface area contributed by atoms with Crippen molar-refractivity contribution in [3.63, 3.8) is 0 Å². The molecule has 1 aromatic heterocycles. The molecule has 0 bridgehead atoms. The third-order valence-corrected chi connectivity index (χ3v) is 4.17. The van der Waals surface area contributed by atoms with Crippen LogP contribution >= 0.6 is 11.8 Å². The molecule has 0 saturated carbocycles. The molecule has 0 fully saturated rings. The van der Waals surface area contributed by atoms with E-state index in [4.69, 9.17) is 4.74 Å². The summed E-state index contributed by atoms with van der Waals surface area (Å²) in [5.41, 5.74) is 2.45. The van der Waals surface area contributed by atoms with Crippen LogP contribution in [0.4, 0.5) is 11.6 Å². The summed E-state index contributed by atoms with van der Waals surface area (Å²) in [6, 6.07) is 9.97. The smallest absolute Gasteiger partial charge is 0.337 e. The van der Waals surface area contributed by atoms with Gasteiger partial charge in [-0.15, -0.1) is 5.10 Å². The zero-order valence-electron chi connectivity index (χ0n) is 13.6. The molecule has 0 amide bonds. The Labute approximate surface area is 144 Å². The Morgan fingerprint density at radius 1 is 1.38 bits per heavy atom. The molecule has 2 aromatic rings. The third kappa shape index (κ3) is 3.53. The first-order chi connectivity index (χ1) is 11.7. The summed E-state index contributed by atoms with van der Waals surface area (Å²) >= 11 is 1.45. The zero-order valence-corrected chi connectivity index (χ0v) is 14.4. The van der Waals surface area contributed by atoms with Crippen molar-refractivity contribution in [2.45, 2.75) is 12.1 Å². The highest BCUT2D eigenvalue weighted by molar-refractivity contribution is 7.98. The van der Waals surface area contributed by atoms with E-state index >= 15 is 0 Å². The lowest BCUT2D eigenvalue weighted by Gasteiger charge is -2.18. The Morgan fingerprint density at radius 3 is 2.83 bits per heavy atom. The maximum Gasteiger partial charge on any atom is 0.337 e. The number of aromatic amines is 1. The molecule has 1 aliphatic heterocycles. The van der Waals surface area contributed by atoms with Crippen molar-refractivity contribution in [1.29, 1.82) is 0 Å². The molecular formula is C16H19N5O2S. The van der Waals surface area contributed by atoms with Crippen molar-refractivity contribution in [1.82, 2.24) is 15.2 Å². The maximum atomic E-state index is 12.3. The number of para-hydroxylation sites is 1. The molecule has 0 unspecified atom stereocenters. The number of H-pyrrole nitrogens is 1. The number of nitrogens with one attached hydrogen (secondary N) is 2. The number of nitrogens with zero attached hydrogens (tertiary/aromatic N) is 3. The summed E-state index contributed by atoms with van der Waals surface area (Å²) in [4.78, 5) is 18.7. The SMILES string of the molecule is CCOC(=O)C1=C(Nc2nc(SC)n[nH]2)CN(c2ccccc2)C1. The summed E-state index contributed by atoms with van der Waals surface area (Å²) in [6.07, 6.45) is 1.91. The fourth-order valence-electron chi connectivity index (χ4n) is 2.51. The topological polar surface area (TPSA) is 83.1 Å². The molecule has 24 heavy (non-hydrogen) atoms. The number of ether oxygens (including phenoxy) is 1. The Kier molecular flexibility index (Phi) is 5.05. The van der Waals surface area contributed by atoms with Gasteiger partial charge in [0.1, 0.15) is 0 Å². The number of hydrogen-bond donors (Lipinski definition) is 2. The van der Waals surface area contributed by atoms with Crippen LogP contribution in [0.2, 0.25) is 0 Å². The van der Waals surface area contributed by atoms with Gasteiger partial charge in [0.15, 0.2) is 0 Å². The summed E-state index contributed by atoms with van der Waals surface area (Å²) in [5.74, 6) is 0.217. The quantitative estimate of drug-likeness (QED) is 0.614. The summed E-state index contributed by atoms with van der Waals surface area (Å²) in [7, 11) is 0. The van der Waals surface area contributed by atoms with Gasteiger partial charge in [-0.2, -0.15) is 4.98 Å². The minimum absolute atomic E-state index is 0.303. The van der Waals surface area contributed by atoms with Gasteiger partial charge in [-0.1, -0.05) is 30.0 Å². The Hall–Kier alpha value is -2.48. The molecule has 0 atom stereocenters. The van der Waals surface area contributed by atoms with E-state index in [0.29, 0.717) is 36.4 Å². The molecule has 2 heterocycles. The highest BCUT2D eigenvalue weighted by Gasteiger charge is 2.28. The molecule has 0 radical (unpaired) electrons. The van der Waals surface area contributed by atoms with Crippen molar-refractivity contribution in [2.75, 3.05) is 36.2 Å². The largest absolute Gasteiger partial charge is 0.463 e. The van der Waals surface area contributed by atoms with Gasteiger partial charge in [0.25, 0.3) is 0 Å². The Bertz CT molecular complexity index is 744. The first-order valence-electron chi connectivity index (χ1n) is 7.63. The van der Waals surface area contributed by atoms with E-state index < -0.39 is 0 Å². The number of anilines is 2. The second kappa shape index (κ2) is 7.39. The standard InChI is InChI=1S/C16H19N5O2S/c1-3-23-14(22)12-9-21(11-7-5-4-6-8-11)10-13(12)17-15-18-16(24-2)20-19-15/h4-8H,3,9-10H2,1-2H3,(H2,17,18,19,20). The highest BCUT2D eigenvalue weighted by Crippen LogP contribution is 2.25. The molecule has 0 spiro atoms. The van der Waals surface area contributed by atoms with Crippen LogP contribution in [0.1, 0.15) is 6.92 Å². The summed E-state index contributed by atoms with van der Waals surface area (Å²) in [5, 5.41) is 10.7. The number of carbonyl (C=O) groups excluding carboxylic acids is 1. The lowest BCUT2D eigenvalue weighted by molar-refractivity contribution is -0.138. The number of benzene rings is 1. The van der Waals surface area contributed by atoms with Gasteiger partial charge in [0, 0.05) is 11.4 Å². The number of esters is 1. The van der Waals surface area contributed by atoms with E-state index in [1.807, 2.05) is 36.6 Å². The number of aromatic nitrogens is 3. The fraction of sp³-hybridized carbons (Fsp3) is 0.312. The first-order valence-corrected chi connectivity index (χ1v) is 8.86. The van der Waals surface area contributed by atoms with Crippen LogP contribution in [-0.2, 0) is 9.53 Å². The average molecular weight is 345 g/mol. The van der Waals surface area contributed by atoms with Crippen molar-refractivity contribution < 1.29 is 9.53 Å². The molecule has 3 rings (SSSR count). The van der Waals surface area contributed by atoms with E-state index in [1.165, 1.54) is 11.8 Å². The van der Waals surface area contributed by atoms with Crippen molar-refractivity contribution in [3.05, 3.63) is 41.6 Å². The molecule has 8 heteroatoms. The minimum atomic E-state index is -0.303. The van der Waals surface area contributed by atoms with E-state index in [2.05, 4.69) is 25.4 Å². The Balaban J connectivity index is 1.82. The van der Waals surface area contributed by atoms with E-state index in [9.17, 15) is 4.79 Å². The van der Waals surface area contributed by atoms with Crippen LogP contribution < -0.4 is 10.2 Å². The van der Waals surface area contributed by atoms with Crippen molar-refractivity contribution >= 4 is 29.4 Å². The molecule has 1 aliphatic rings. The third-order valence-electron chi connectivity index (χ3n) is 3.62. The summed E-state index contributed by atoms with van der Waals surface area (Å²) < 4.78 is 5.19. The van der Waals surface area contributed by atoms with E-state index in [1.54, 1.807) is 6.92 Å². The number of carbonyl (C=O) groups is 1. The molecule has 7 nitrogen and oxygen atoms in total. The molecule has 0 aliphatic carbocycles. The van der Waals surface area contributed by atoms with E-state index in [-0.39, 0.29) is 5.97 Å². The van der Waals surface area contributed by atoms with Crippen molar-refractivity contribution in [2.24, 2.45) is 0 Å². The van der Waals surface area contributed by atoms with Crippen LogP contribution in [0.15, 0.2) is 46.8 Å². The molecule has 1 aromatic carbocycles.